The number of carbonyl (C=O) groups is 1. The maximum atomic E-state index is 11.8. The first-order chi connectivity index (χ1) is 9.52. The summed E-state index contributed by atoms with van der Waals surface area (Å²) in [6, 6.07) is 11.1. The van der Waals surface area contributed by atoms with Crippen LogP contribution >= 0.6 is 0 Å². The van der Waals surface area contributed by atoms with Crippen LogP contribution in [0.1, 0.15) is 21.5 Å². The van der Waals surface area contributed by atoms with E-state index in [1.165, 1.54) is 12.7 Å². The van der Waals surface area contributed by atoms with Gasteiger partial charge in [-0.2, -0.15) is 0 Å². The molecule has 0 atom stereocenters. The average Bonchev–Trinajstić information content (AvgIpc) is 2.44. The molecule has 0 aromatic heterocycles. The highest BCUT2D eigenvalue weighted by atomic mass is 16.5. The first kappa shape index (κ1) is 13.9. The molecule has 0 radical (unpaired) electrons. The van der Waals surface area contributed by atoms with Crippen molar-refractivity contribution in [3.8, 4) is 0 Å². The van der Waals surface area contributed by atoms with Gasteiger partial charge in [0.05, 0.1) is 18.4 Å². The van der Waals surface area contributed by atoms with E-state index in [4.69, 9.17) is 10.5 Å². The number of methoxy groups -OCH3 is 1. The van der Waals surface area contributed by atoms with Crippen LogP contribution in [0.3, 0.4) is 0 Å². The highest BCUT2D eigenvalue weighted by molar-refractivity contribution is 5.97. The molecule has 2 aromatic carbocycles. The number of carbonyl (C=O) groups excluding carboxylic acids is 1. The first-order valence-electron chi connectivity index (χ1n) is 6.34. The number of ether oxygens (including phenoxy) is 1. The Bertz CT molecular complexity index is 651. The molecule has 0 heterocycles. The Morgan fingerprint density at radius 2 is 1.90 bits per heavy atom. The summed E-state index contributed by atoms with van der Waals surface area (Å²) in [5.74, 6) is -0.412. The van der Waals surface area contributed by atoms with Gasteiger partial charge in [-0.3, -0.25) is 0 Å². The summed E-state index contributed by atoms with van der Waals surface area (Å²) in [5, 5.41) is 3.27. The summed E-state index contributed by atoms with van der Waals surface area (Å²) in [5.41, 5.74) is 10.6. The Morgan fingerprint density at radius 1 is 1.15 bits per heavy atom. The second-order valence-corrected chi connectivity index (χ2v) is 4.67. The normalized spacial score (nSPS) is 10.2. The largest absolute Gasteiger partial charge is 0.465 e. The average molecular weight is 270 g/mol. The third-order valence-corrected chi connectivity index (χ3v) is 3.32. The van der Waals surface area contributed by atoms with Crippen LogP contribution in [0.25, 0.3) is 0 Å². The lowest BCUT2D eigenvalue weighted by Crippen LogP contribution is -2.07. The summed E-state index contributed by atoms with van der Waals surface area (Å²) in [4.78, 5) is 11.8. The van der Waals surface area contributed by atoms with Crippen LogP contribution in [0.2, 0.25) is 0 Å². The molecule has 0 bridgehead atoms. The number of benzene rings is 2. The van der Waals surface area contributed by atoms with Gasteiger partial charge in [0.25, 0.3) is 0 Å². The lowest BCUT2D eigenvalue weighted by Gasteiger charge is -2.14. The van der Waals surface area contributed by atoms with Gasteiger partial charge in [-0.1, -0.05) is 12.1 Å². The van der Waals surface area contributed by atoms with Crippen molar-refractivity contribution < 1.29 is 9.53 Å². The van der Waals surface area contributed by atoms with E-state index in [0.29, 0.717) is 16.9 Å². The fraction of sp³-hybridized carbons (Fsp3) is 0.188. The molecule has 0 spiro atoms. The van der Waals surface area contributed by atoms with Gasteiger partial charge in [0.2, 0.25) is 0 Å². The molecule has 0 aliphatic carbocycles. The van der Waals surface area contributed by atoms with E-state index >= 15 is 0 Å². The van der Waals surface area contributed by atoms with Gasteiger partial charge in [0.15, 0.2) is 0 Å². The van der Waals surface area contributed by atoms with E-state index in [-0.39, 0.29) is 0 Å². The van der Waals surface area contributed by atoms with Gasteiger partial charge in [0, 0.05) is 11.4 Å². The van der Waals surface area contributed by atoms with E-state index in [1.807, 2.05) is 32.0 Å². The molecule has 0 saturated carbocycles. The second-order valence-electron chi connectivity index (χ2n) is 4.67. The maximum Gasteiger partial charge on any atom is 0.340 e. The molecule has 0 amide bonds. The Hall–Kier alpha value is -2.49. The molecule has 0 fully saturated rings. The number of anilines is 3. The lowest BCUT2D eigenvalue weighted by atomic mass is 10.1. The van der Waals surface area contributed by atoms with Gasteiger partial charge in [0.1, 0.15) is 0 Å². The van der Waals surface area contributed by atoms with Gasteiger partial charge >= 0.3 is 5.97 Å². The fourth-order valence-electron chi connectivity index (χ4n) is 1.98. The number of hydrogen-bond donors (Lipinski definition) is 2. The monoisotopic (exact) mass is 270 g/mol. The molecule has 4 nitrogen and oxygen atoms in total. The van der Waals surface area contributed by atoms with Gasteiger partial charge in [-0.15, -0.1) is 0 Å². The van der Waals surface area contributed by atoms with Crippen LogP contribution < -0.4 is 11.1 Å². The Kier molecular flexibility index (Phi) is 3.94. The summed E-state index contributed by atoms with van der Waals surface area (Å²) >= 11 is 0. The fourth-order valence-corrected chi connectivity index (χ4v) is 1.98. The van der Waals surface area contributed by atoms with Gasteiger partial charge in [-0.25, -0.2) is 4.79 Å². The SMILES string of the molecule is COC(=O)c1cc(N)ccc1Nc1cccc(C)c1C. The molecule has 3 N–H and O–H groups in total. The number of aryl methyl sites for hydroxylation is 1. The van der Waals surface area contributed by atoms with E-state index in [2.05, 4.69) is 5.32 Å². The second kappa shape index (κ2) is 5.65. The van der Waals surface area contributed by atoms with Crippen LogP contribution in [0.5, 0.6) is 0 Å². The zero-order chi connectivity index (χ0) is 14.7. The van der Waals surface area contributed by atoms with Crippen molar-refractivity contribution in [1.29, 1.82) is 0 Å². The highest BCUT2D eigenvalue weighted by Crippen LogP contribution is 2.27. The number of nitrogen functional groups attached to an aromatic ring is 1. The number of hydrogen-bond acceptors (Lipinski definition) is 4. The third kappa shape index (κ3) is 2.74. The minimum atomic E-state index is -0.412. The predicted octanol–water partition coefficient (Wildman–Crippen LogP) is 3.42. The lowest BCUT2D eigenvalue weighted by molar-refractivity contribution is 0.0602. The molecule has 104 valence electrons. The molecule has 2 aromatic rings. The molecule has 0 aliphatic rings. The quantitative estimate of drug-likeness (QED) is 0.662. The standard InChI is InChI=1S/C16H18N2O2/c1-10-5-4-6-14(11(10)2)18-15-8-7-12(17)9-13(15)16(19)20-3/h4-9,18H,17H2,1-3H3. The molecule has 0 saturated heterocycles. The zero-order valence-electron chi connectivity index (χ0n) is 11.9. The number of nitrogens with one attached hydrogen (secondary N) is 1. The number of nitrogens with two attached hydrogens (primary N) is 1. The van der Waals surface area contributed by atoms with Gasteiger partial charge in [-0.05, 0) is 49.2 Å². The Labute approximate surface area is 118 Å². The molecule has 0 unspecified atom stereocenters. The molecule has 20 heavy (non-hydrogen) atoms. The van der Waals surface area contributed by atoms with Crippen molar-refractivity contribution >= 4 is 23.0 Å². The summed E-state index contributed by atoms with van der Waals surface area (Å²) in [6.07, 6.45) is 0. The minimum absolute atomic E-state index is 0.412. The van der Waals surface area contributed by atoms with E-state index in [9.17, 15) is 4.79 Å². The molecular weight excluding hydrogens is 252 g/mol. The van der Waals surface area contributed by atoms with E-state index in [1.54, 1.807) is 18.2 Å². The first-order valence-corrected chi connectivity index (χ1v) is 6.34. The molecule has 4 heteroatoms. The number of esters is 1. The van der Waals surface area contributed by atoms with Gasteiger partial charge < -0.3 is 15.8 Å². The zero-order valence-corrected chi connectivity index (χ0v) is 11.9. The van der Waals surface area contributed by atoms with E-state index in [0.717, 1.165) is 11.3 Å². The van der Waals surface area contributed by atoms with E-state index < -0.39 is 5.97 Å². The highest BCUT2D eigenvalue weighted by Gasteiger charge is 2.13. The maximum absolute atomic E-state index is 11.8. The van der Waals surface area contributed by atoms with Crippen LogP contribution in [0, 0.1) is 13.8 Å². The Morgan fingerprint density at radius 3 is 2.60 bits per heavy atom. The van der Waals surface area contributed by atoms with Crippen LogP contribution in [0.15, 0.2) is 36.4 Å². The van der Waals surface area contributed by atoms with Crippen LogP contribution in [0.4, 0.5) is 17.1 Å². The van der Waals surface area contributed by atoms with Crippen LogP contribution in [-0.2, 0) is 4.74 Å². The summed E-state index contributed by atoms with van der Waals surface area (Å²) in [6.45, 7) is 4.08. The van der Waals surface area contributed by atoms with Crippen molar-refractivity contribution in [3.63, 3.8) is 0 Å². The third-order valence-electron chi connectivity index (χ3n) is 3.32. The topological polar surface area (TPSA) is 64.3 Å². The van der Waals surface area contributed by atoms with Crippen molar-refractivity contribution in [2.24, 2.45) is 0 Å². The summed E-state index contributed by atoms with van der Waals surface area (Å²) in [7, 11) is 1.35. The van der Waals surface area contributed by atoms with Crippen molar-refractivity contribution in [2.75, 3.05) is 18.2 Å². The number of rotatable bonds is 3. The minimum Gasteiger partial charge on any atom is -0.465 e. The van der Waals surface area contributed by atoms with Crippen molar-refractivity contribution in [3.05, 3.63) is 53.1 Å². The molecule has 2 rings (SSSR count). The van der Waals surface area contributed by atoms with Crippen molar-refractivity contribution in [2.45, 2.75) is 13.8 Å². The predicted molar refractivity (Wildman–Crippen MR) is 81.4 cm³/mol. The molecule has 0 aliphatic heterocycles. The van der Waals surface area contributed by atoms with Crippen molar-refractivity contribution in [1.82, 2.24) is 0 Å². The summed E-state index contributed by atoms with van der Waals surface area (Å²) < 4.78 is 4.79. The van der Waals surface area contributed by atoms with Crippen LogP contribution in [-0.4, -0.2) is 13.1 Å². The Balaban J connectivity index is 2.43. The smallest absolute Gasteiger partial charge is 0.340 e. The molecular formula is C16H18N2O2.